The van der Waals surface area contributed by atoms with Crippen molar-refractivity contribution in [1.29, 1.82) is 0 Å². The van der Waals surface area contributed by atoms with E-state index in [9.17, 15) is 4.79 Å². The van der Waals surface area contributed by atoms with Crippen molar-refractivity contribution < 1.29 is 9.21 Å². The molecule has 5 rings (SSSR count). The molecule has 144 valence electrons. The van der Waals surface area contributed by atoms with Gasteiger partial charge in [-0.2, -0.15) is 5.10 Å². The van der Waals surface area contributed by atoms with Gasteiger partial charge in [0.05, 0.1) is 24.5 Å². The molecule has 4 aromatic rings. The summed E-state index contributed by atoms with van der Waals surface area (Å²) in [5.74, 6) is 0.551. The number of carbonyl (C=O) groups excluding carboxylic acids is 1. The first-order valence-corrected chi connectivity index (χ1v) is 9.81. The molecule has 0 fully saturated rings. The van der Waals surface area contributed by atoms with Gasteiger partial charge in [-0.3, -0.25) is 9.89 Å². The van der Waals surface area contributed by atoms with Gasteiger partial charge in [-0.25, -0.2) is 0 Å². The van der Waals surface area contributed by atoms with Gasteiger partial charge in [0.15, 0.2) is 0 Å². The fourth-order valence-corrected chi connectivity index (χ4v) is 4.14. The third-order valence-electron chi connectivity index (χ3n) is 5.09. The molecule has 1 aliphatic heterocycles. The molecule has 0 radical (unpaired) electrons. The number of rotatable bonds is 4. The fraction of sp³-hybridized carbons (Fsp3) is 0.0909. The second kappa shape index (κ2) is 7.10. The topological polar surface area (TPSA) is 62.1 Å². The van der Waals surface area contributed by atoms with Crippen LogP contribution in [0.4, 0.5) is 0 Å². The number of aromatic nitrogens is 2. The Hall–Kier alpha value is -3.02. The summed E-state index contributed by atoms with van der Waals surface area (Å²) < 4.78 is 5.49. The summed E-state index contributed by atoms with van der Waals surface area (Å²) in [6.45, 7) is 0.324. The van der Waals surface area contributed by atoms with Crippen LogP contribution in [0.5, 0.6) is 0 Å². The number of hydrogen-bond donors (Lipinski definition) is 1. The third kappa shape index (κ3) is 3.03. The largest absolute Gasteiger partial charge is 0.467 e. The van der Waals surface area contributed by atoms with Gasteiger partial charge in [-0.05, 0) is 35.9 Å². The Bertz CT molecular complexity index is 1180. The standard InChI is InChI=1S/C22H15Cl2N3O2/c23-14-9-7-13(8-10-14)19-18-20(26-25-19)22(28)27(12-15-4-3-11-29-15)21(18)16-5-1-2-6-17(16)24/h1-11,21H,12H2,(H,25,26). The lowest BCUT2D eigenvalue weighted by Gasteiger charge is -2.26. The number of nitrogens with zero attached hydrogens (tertiary/aromatic N) is 2. The van der Waals surface area contributed by atoms with E-state index < -0.39 is 0 Å². The molecule has 2 aromatic heterocycles. The Morgan fingerprint density at radius 1 is 1.03 bits per heavy atom. The van der Waals surface area contributed by atoms with Crippen LogP contribution in [0.15, 0.2) is 71.3 Å². The van der Waals surface area contributed by atoms with E-state index >= 15 is 0 Å². The summed E-state index contributed by atoms with van der Waals surface area (Å²) in [4.78, 5) is 15.0. The lowest BCUT2D eigenvalue weighted by molar-refractivity contribution is 0.0717. The number of fused-ring (bicyclic) bond motifs is 1. The molecule has 0 saturated heterocycles. The fourth-order valence-electron chi connectivity index (χ4n) is 3.78. The summed E-state index contributed by atoms with van der Waals surface area (Å²) in [6.07, 6.45) is 1.60. The van der Waals surface area contributed by atoms with E-state index in [1.807, 2.05) is 42.5 Å². The molecule has 29 heavy (non-hydrogen) atoms. The lowest BCUT2D eigenvalue weighted by atomic mass is 9.96. The average Bonchev–Trinajstić information content (AvgIpc) is 3.44. The number of amides is 1. The molecule has 0 spiro atoms. The maximum absolute atomic E-state index is 13.3. The van der Waals surface area contributed by atoms with Crippen LogP contribution in [0, 0.1) is 0 Å². The van der Waals surface area contributed by atoms with Crippen LogP contribution < -0.4 is 0 Å². The van der Waals surface area contributed by atoms with E-state index in [0.717, 1.165) is 16.7 Å². The van der Waals surface area contributed by atoms with Crippen LogP contribution in [-0.2, 0) is 6.54 Å². The highest BCUT2D eigenvalue weighted by Crippen LogP contribution is 2.45. The maximum atomic E-state index is 13.3. The number of hydrogen-bond acceptors (Lipinski definition) is 3. The predicted molar refractivity (Wildman–Crippen MR) is 111 cm³/mol. The highest BCUT2D eigenvalue weighted by atomic mass is 35.5. The van der Waals surface area contributed by atoms with Gasteiger partial charge < -0.3 is 9.32 Å². The quantitative estimate of drug-likeness (QED) is 0.456. The van der Waals surface area contributed by atoms with Gasteiger partial charge in [-0.1, -0.05) is 53.5 Å². The molecule has 0 aliphatic carbocycles. The van der Waals surface area contributed by atoms with Crippen LogP contribution in [0.3, 0.4) is 0 Å². The molecule has 1 unspecified atom stereocenters. The molecule has 1 amide bonds. The van der Waals surface area contributed by atoms with Crippen LogP contribution in [0.25, 0.3) is 11.3 Å². The van der Waals surface area contributed by atoms with Crippen LogP contribution in [-0.4, -0.2) is 21.0 Å². The molecule has 0 saturated carbocycles. The summed E-state index contributed by atoms with van der Waals surface area (Å²) in [5.41, 5.74) is 3.68. The zero-order valence-electron chi connectivity index (χ0n) is 15.1. The molecule has 1 atom stereocenters. The van der Waals surface area contributed by atoms with Crippen molar-refractivity contribution in [2.75, 3.05) is 0 Å². The zero-order valence-corrected chi connectivity index (χ0v) is 16.6. The molecule has 3 heterocycles. The lowest BCUT2D eigenvalue weighted by Crippen LogP contribution is -2.29. The summed E-state index contributed by atoms with van der Waals surface area (Å²) >= 11 is 12.6. The van der Waals surface area contributed by atoms with E-state index in [2.05, 4.69) is 10.2 Å². The number of aromatic amines is 1. The Morgan fingerprint density at radius 2 is 1.83 bits per heavy atom. The van der Waals surface area contributed by atoms with Gasteiger partial charge in [0.2, 0.25) is 0 Å². The first-order valence-electron chi connectivity index (χ1n) is 9.05. The van der Waals surface area contributed by atoms with Crippen molar-refractivity contribution in [3.05, 3.63) is 99.6 Å². The van der Waals surface area contributed by atoms with Crippen molar-refractivity contribution in [2.24, 2.45) is 0 Å². The zero-order chi connectivity index (χ0) is 20.0. The van der Waals surface area contributed by atoms with E-state index in [1.165, 1.54) is 0 Å². The van der Waals surface area contributed by atoms with Gasteiger partial charge in [-0.15, -0.1) is 0 Å². The molecule has 2 aromatic carbocycles. The number of H-pyrrole nitrogens is 1. The highest BCUT2D eigenvalue weighted by molar-refractivity contribution is 6.31. The first-order chi connectivity index (χ1) is 14.1. The van der Waals surface area contributed by atoms with Gasteiger partial charge >= 0.3 is 0 Å². The van der Waals surface area contributed by atoms with Crippen molar-refractivity contribution >= 4 is 29.1 Å². The monoisotopic (exact) mass is 423 g/mol. The second-order valence-electron chi connectivity index (χ2n) is 6.80. The second-order valence-corrected chi connectivity index (χ2v) is 7.65. The minimum Gasteiger partial charge on any atom is -0.467 e. The summed E-state index contributed by atoms with van der Waals surface area (Å²) in [5, 5.41) is 8.60. The SMILES string of the molecule is O=C1c2[nH]nc(-c3ccc(Cl)cc3)c2C(c2ccccc2Cl)N1Cc1ccco1. The van der Waals surface area contributed by atoms with Gasteiger partial charge in [0.25, 0.3) is 5.91 Å². The predicted octanol–water partition coefficient (Wildman–Crippen LogP) is 5.72. The number of furan rings is 1. The van der Waals surface area contributed by atoms with Crippen LogP contribution in [0.2, 0.25) is 10.0 Å². The Kier molecular flexibility index (Phi) is 4.42. The number of nitrogens with one attached hydrogen (secondary N) is 1. The third-order valence-corrected chi connectivity index (χ3v) is 5.68. The minimum absolute atomic E-state index is 0.144. The summed E-state index contributed by atoms with van der Waals surface area (Å²) in [6, 6.07) is 18.2. The van der Waals surface area contributed by atoms with Crippen molar-refractivity contribution in [2.45, 2.75) is 12.6 Å². The molecule has 0 bridgehead atoms. The molecule has 1 N–H and O–H groups in total. The molecule has 1 aliphatic rings. The summed E-state index contributed by atoms with van der Waals surface area (Å²) in [7, 11) is 0. The average molecular weight is 424 g/mol. The molecule has 5 nitrogen and oxygen atoms in total. The highest BCUT2D eigenvalue weighted by Gasteiger charge is 2.43. The van der Waals surface area contributed by atoms with Crippen LogP contribution in [0.1, 0.15) is 33.4 Å². The van der Waals surface area contributed by atoms with Gasteiger partial charge in [0.1, 0.15) is 11.5 Å². The Labute approximate surface area is 176 Å². The normalized spacial score (nSPS) is 15.7. The van der Waals surface area contributed by atoms with E-state index in [4.69, 9.17) is 27.6 Å². The van der Waals surface area contributed by atoms with Crippen LogP contribution >= 0.6 is 23.2 Å². The van der Waals surface area contributed by atoms with Crippen molar-refractivity contribution in [3.63, 3.8) is 0 Å². The first kappa shape index (κ1) is 18.0. The van der Waals surface area contributed by atoms with Crippen molar-refractivity contribution in [1.82, 2.24) is 15.1 Å². The number of benzene rings is 2. The van der Waals surface area contributed by atoms with E-state index in [-0.39, 0.29) is 11.9 Å². The maximum Gasteiger partial charge on any atom is 0.273 e. The Balaban J connectivity index is 1.68. The molecule has 7 heteroatoms. The van der Waals surface area contributed by atoms with E-state index in [1.54, 1.807) is 29.4 Å². The van der Waals surface area contributed by atoms with Crippen molar-refractivity contribution in [3.8, 4) is 11.3 Å². The minimum atomic E-state index is -0.388. The Morgan fingerprint density at radius 3 is 2.55 bits per heavy atom. The number of halogens is 2. The molecular formula is C22H15Cl2N3O2. The number of carbonyl (C=O) groups is 1. The van der Waals surface area contributed by atoms with E-state index in [0.29, 0.717) is 33.7 Å². The smallest absolute Gasteiger partial charge is 0.273 e. The molecular weight excluding hydrogens is 409 g/mol. The van der Waals surface area contributed by atoms with Gasteiger partial charge in [0, 0.05) is 21.2 Å².